The highest BCUT2D eigenvalue weighted by Gasteiger charge is 2.20. The van der Waals surface area contributed by atoms with Crippen LogP contribution in [0.5, 0.6) is 0 Å². The zero-order valence-electron chi connectivity index (χ0n) is 9.57. The topological polar surface area (TPSA) is 54.6 Å². The standard InChI is InChI=1S/C11H14N2O2S/c1-4-5-8-9(10(14)15)16-11-12-6(2)7(3)13(8)11/h4-5H2,1-3H3,(H,14,15). The Morgan fingerprint density at radius 3 is 2.75 bits per heavy atom. The van der Waals surface area contributed by atoms with Gasteiger partial charge in [-0.2, -0.15) is 0 Å². The second kappa shape index (κ2) is 3.90. The van der Waals surface area contributed by atoms with Gasteiger partial charge in [-0.15, -0.1) is 0 Å². The van der Waals surface area contributed by atoms with Crippen molar-refractivity contribution in [3.8, 4) is 0 Å². The van der Waals surface area contributed by atoms with Gasteiger partial charge in [-0.3, -0.25) is 4.40 Å². The van der Waals surface area contributed by atoms with Crippen molar-refractivity contribution < 1.29 is 9.90 Å². The van der Waals surface area contributed by atoms with Crippen molar-refractivity contribution in [3.05, 3.63) is 22.0 Å². The van der Waals surface area contributed by atoms with E-state index >= 15 is 0 Å². The number of thiazole rings is 1. The lowest BCUT2D eigenvalue weighted by molar-refractivity contribution is 0.0700. The zero-order valence-corrected chi connectivity index (χ0v) is 10.4. The largest absolute Gasteiger partial charge is 0.477 e. The average Bonchev–Trinajstić information content (AvgIpc) is 2.68. The lowest BCUT2D eigenvalue weighted by Crippen LogP contribution is -2.02. The molecule has 0 amide bonds. The van der Waals surface area contributed by atoms with Gasteiger partial charge in [-0.25, -0.2) is 9.78 Å². The molecular formula is C11H14N2O2S. The van der Waals surface area contributed by atoms with Crippen molar-refractivity contribution in [2.24, 2.45) is 0 Å². The molecule has 2 aromatic heterocycles. The van der Waals surface area contributed by atoms with Gasteiger partial charge in [-0.05, 0) is 20.3 Å². The number of carbonyl (C=O) groups is 1. The lowest BCUT2D eigenvalue weighted by atomic mass is 10.2. The Balaban J connectivity index is 2.74. The molecule has 4 nitrogen and oxygen atoms in total. The van der Waals surface area contributed by atoms with Crippen LogP contribution in [-0.2, 0) is 6.42 Å². The maximum absolute atomic E-state index is 11.1. The van der Waals surface area contributed by atoms with Gasteiger partial charge in [0.1, 0.15) is 4.88 Å². The fourth-order valence-corrected chi connectivity index (χ4v) is 2.95. The molecule has 86 valence electrons. The number of rotatable bonds is 3. The molecule has 0 spiro atoms. The number of hydrogen-bond acceptors (Lipinski definition) is 3. The maximum atomic E-state index is 11.1. The van der Waals surface area contributed by atoms with E-state index in [4.69, 9.17) is 5.11 Å². The molecule has 0 atom stereocenters. The smallest absolute Gasteiger partial charge is 0.347 e. The molecule has 5 heteroatoms. The van der Waals surface area contributed by atoms with E-state index in [-0.39, 0.29) is 0 Å². The van der Waals surface area contributed by atoms with Gasteiger partial charge in [0.15, 0.2) is 4.96 Å². The van der Waals surface area contributed by atoms with Crippen LogP contribution in [0.2, 0.25) is 0 Å². The molecule has 0 saturated heterocycles. The third-order valence-electron chi connectivity index (χ3n) is 2.72. The third-order valence-corrected chi connectivity index (χ3v) is 3.79. The summed E-state index contributed by atoms with van der Waals surface area (Å²) >= 11 is 1.26. The van der Waals surface area contributed by atoms with Gasteiger partial charge >= 0.3 is 5.97 Å². The van der Waals surface area contributed by atoms with Crippen molar-refractivity contribution in [1.29, 1.82) is 0 Å². The van der Waals surface area contributed by atoms with Gasteiger partial charge in [0.05, 0.1) is 5.69 Å². The Hall–Kier alpha value is -1.36. The molecule has 0 unspecified atom stereocenters. The van der Waals surface area contributed by atoms with Gasteiger partial charge in [0.2, 0.25) is 0 Å². The van der Waals surface area contributed by atoms with Crippen molar-refractivity contribution >= 4 is 22.3 Å². The molecule has 0 bridgehead atoms. The van der Waals surface area contributed by atoms with E-state index in [1.807, 2.05) is 25.2 Å². The molecule has 0 aromatic carbocycles. The number of fused-ring (bicyclic) bond motifs is 1. The van der Waals surface area contributed by atoms with E-state index in [0.717, 1.165) is 34.9 Å². The van der Waals surface area contributed by atoms with E-state index in [9.17, 15) is 4.79 Å². The molecule has 2 heterocycles. The van der Waals surface area contributed by atoms with Crippen LogP contribution in [0, 0.1) is 13.8 Å². The van der Waals surface area contributed by atoms with Crippen LogP contribution in [-0.4, -0.2) is 20.5 Å². The highest BCUT2D eigenvalue weighted by atomic mass is 32.1. The molecule has 0 aliphatic carbocycles. The average molecular weight is 238 g/mol. The first-order valence-corrected chi connectivity index (χ1v) is 6.08. The van der Waals surface area contributed by atoms with Crippen LogP contribution in [0.15, 0.2) is 0 Å². The molecule has 0 radical (unpaired) electrons. The fraction of sp³-hybridized carbons (Fsp3) is 0.455. The molecule has 1 N–H and O–H groups in total. The Morgan fingerprint density at radius 1 is 1.50 bits per heavy atom. The Kier molecular flexibility index (Phi) is 2.71. The minimum Gasteiger partial charge on any atom is -0.477 e. The second-order valence-electron chi connectivity index (χ2n) is 3.83. The summed E-state index contributed by atoms with van der Waals surface area (Å²) in [6, 6.07) is 0. The van der Waals surface area contributed by atoms with E-state index < -0.39 is 5.97 Å². The third kappa shape index (κ3) is 1.51. The Bertz CT molecular complexity index is 554. The minimum absolute atomic E-state index is 0.424. The number of aromatic carboxylic acids is 1. The Labute approximate surface area is 97.6 Å². The molecule has 2 aromatic rings. The number of nitrogens with zero attached hydrogens (tertiary/aromatic N) is 2. The molecule has 16 heavy (non-hydrogen) atoms. The normalized spacial score (nSPS) is 11.2. The summed E-state index contributed by atoms with van der Waals surface area (Å²) in [7, 11) is 0. The quantitative estimate of drug-likeness (QED) is 0.894. The van der Waals surface area contributed by atoms with Crippen molar-refractivity contribution in [3.63, 3.8) is 0 Å². The predicted molar refractivity (Wildman–Crippen MR) is 63.5 cm³/mol. The number of imidazole rings is 1. The molecule has 0 aliphatic rings. The first-order chi connectivity index (χ1) is 7.56. The van der Waals surface area contributed by atoms with Crippen LogP contribution in [0.3, 0.4) is 0 Å². The summed E-state index contributed by atoms with van der Waals surface area (Å²) in [6.07, 6.45) is 1.71. The molecule has 0 aliphatic heterocycles. The molecule has 0 saturated carbocycles. The predicted octanol–water partition coefficient (Wildman–Crippen LogP) is 2.66. The van der Waals surface area contributed by atoms with Crippen LogP contribution >= 0.6 is 11.3 Å². The molecular weight excluding hydrogens is 224 g/mol. The lowest BCUT2D eigenvalue weighted by Gasteiger charge is -2.01. The van der Waals surface area contributed by atoms with Crippen LogP contribution in [0.1, 0.15) is 40.1 Å². The number of carboxylic acid groups (broad SMARTS) is 1. The maximum Gasteiger partial charge on any atom is 0.347 e. The van der Waals surface area contributed by atoms with Gasteiger partial charge in [-0.1, -0.05) is 24.7 Å². The fourth-order valence-electron chi connectivity index (χ4n) is 1.85. The summed E-state index contributed by atoms with van der Waals surface area (Å²) < 4.78 is 1.98. The second-order valence-corrected chi connectivity index (χ2v) is 4.81. The highest BCUT2D eigenvalue weighted by Crippen LogP contribution is 2.27. The van der Waals surface area contributed by atoms with Gasteiger partial charge in [0, 0.05) is 11.4 Å². The monoisotopic (exact) mass is 238 g/mol. The minimum atomic E-state index is -0.851. The summed E-state index contributed by atoms with van der Waals surface area (Å²) in [6.45, 7) is 5.98. The first-order valence-electron chi connectivity index (χ1n) is 5.26. The summed E-state index contributed by atoms with van der Waals surface area (Å²) in [5.41, 5.74) is 2.90. The Morgan fingerprint density at radius 2 is 2.19 bits per heavy atom. The zero-order chi connectivity index (χ0) is 11.9. The summed E-state index contributed by atoms with van der Waals surface area (Å²) in [4.78, 5) is 16.7. The van der Waals surface area contributed by atoms with Gasteiger partial charge in [0.25, 0.3) is 0 Å². The number of carboxylic acids is 1. The van der Waals surface area contributed by atoms with Crippen LogP contribution < -0.4 is 0 Å². The number of aromatic nitrogens is 2. The first kappa shape index (κ1) is 11.1. The molecule has 0 fully saturated rings. The highest BCUT2D eigenvalue weighted by molar-refractivity contribution is 7.19. The van der Waals surface area contributed by atoms with E-state index in [2.05, 4.69) is 4.98 Å². The SMILES string of the molecule is CCCc1c(C(=O)O)sc2nc(C)c(C)n12. The van der Waals surface area contributed by atoms with Crippen molar-refractivity contribution in [1.82, 2.24) is 9.38 Å². The van der Waals surface area contributed by atoms with E-state index in [0.29, 0.717) is 4.88 Å². The number of aryl methyl sites for hydroxylation is 3. The summed E-state index contributed by atoms with van der Waals surface area (Å²) in [5, 5.41) is 9.14. The van der Waals surface area contributed by atoms with Gasteiger partial charge < -0.3 is 5.11 Å². The van der Waals surface area contributed by atoms with E-state index in [1.54, 1.807) is 0 Å². The van der Waals surface area contributed by atoms with E-state index in [1.165, 1.54) is 11.3 Å². The van der Waals surface area contributed by atoms with Crippen molar-refractivity contribution in [2.45, 2.75) is 33.6 Å². The van der Waals surface area contributed by atoms with Crippen LogP contribution in [0.25, 0.3) is 4.96 Å². The summed E-state index contributed by atoms with van der Waals surface area (Å²) in [5.74, 6) is -0.851. The van der Waals surface area contributed by atoms with Crippen molar-refractivity contribution in [2.75, 3.05) is 0 Å². The van der Waals surface area contributed by atoms with Crippen LogP contribution in [0.4, 0.5) is 0 Å². The number of hydrogen-bond donors (Lipinski definition) is 1. The molecule has 2 rings (SSSR count).